The highest BCUT2D eigenvalue weighted by atomic mass is 16.5. The molecule has 0 atom stereocenters. The third-order valence-corrected chi connectivity index (χ3v) is 4.97. The Morgan fingerprint density at radius 3 is 2.62 bits per heavy atom. The molecule has 1 aliphatic rings. The molecule has 2 aromatic carbocycles. The van der Waals surface area contributed by atoms with E-state index in [-0.39, 0.29) is 0 Å². The Hall–Kier alpha value is -1.84. The largest absolute Gasteiger partial charge is 0.492 e. The number of ether oxygens (including phenoxy) is 1. The summed E-state index contributed by atoms with van der Waals surface area (Å²) in [5.74, 6) is 1.59. The van der Waals surface area contributed by atoms with Crippen molar-refractivity contribution < 1.29 is 4.74 Å². The van der Waals surface area contributed by atoms with Crippen molar-refractivity contribution in [3.63, 3.8) is 0 Å². The zero-order valence-electron chi connectivity index (χ0n) is 14.8. The molecule has 0 unspecified atom stereocenters. The highest BCUT2D eigenvalue weighted by Crippen LogP contribution is 2.32. The average molecular weight is 324 g/mol. The van der Waals surface area contributed by atoms with Gasteiger partial charge >= 0.3 is 0 Å². The molecule has 1 heterocycles. The van der Waals surface area contributed by atoms with Gasteiger partial charge in [0.15, 0.2) is 0 Å². The number of nitrogens with zero attached hydrogens (tertiary/aromatic N) is 1. The van der Waals surface area contributed by atoms with Crippen LogP contribution in [0.4, 0.5) is 0 Å². The van der Waals surface area contributed by atoms with Crippen LogP contribution in [0.2, 0.25) is 0 Å². The summed E-state index contributed by atoms with van der Waals surface area (Å²) < 4.78 is 5.66. The van der Waals surface area contributed by atoms with Crippen molar-refractivity contribution in [2.75, 3.05) is 33.3 Å². The second-order valence-electron chi connectivity index (χ2n) is 6.82. The van der Waals surface area contributed by atoms with Gasteiger partial charge in [0.2, 0.25) is 0 Å². The first-order valence-electron chi connectivity index (χ1n) is 8.90. The first kappa shape index (κ1) is 17.0. The van der Waals surface area contributed by atoms with Crippen molar-refractivity contribution in [1.82, 2.24) is 4.90 Å². The van der Waals surface area contributed by atoms with Crippen molar-refractivity contribution >= 4 is 0 Å². The second-order valence-corrected chi connectivity index (χ2v) is 6.82. The van der Waals surface area contributed by atoms with Crippen molar-refractivity contribution in [3.8, 4) is 16.9 Å². The van der Waals surface area contributed by atoms with Crippen molar-refractivity contribution in [2.24, 2.45) is 5.73 Å². The Balaban J connectivity index is 1.80. The van der Waals surface area contributed by atoms with Crippen LogP contribution < -0.4 is 10.5 Å². The number of aryl methyl sites for hydroxylation is 1. The van der Waals surface area contributed by atoms with E-state index < -0.39 is 0 Å². The van der Waals surface area contributed by atoms with Crippen molar-refractivity contribution in [3.05, 3.63) is 53.6 Å². The Bertz CT molecular complexity index is 675. The minimum Gasteiger partial charge on any atom is -0.492 e. The van der Waals surface area contributed by atoms with Gasteiger partial charge in [0, 0.05) is 6.54 Å². The molecule has 3 rings (SSSR count). The molecule has 0 radical (unpaired) electrons. The quantitative estimate of drug-likeness (QED) is 0.909. The van der Waals surface area contributed by atoms with Crippen LogP contribution in [0, 0.1) is 6.92 Å². The first-order valence-corrected chi connectivity index (χ1v) is 8.90. The Morgan fingerprint density at radius 2 is 1.92 bits per heavy atom. The van der Waals surface area contributed by atoms with Crippen LogP contribution in [-0.4, -0.2) is 38.2 Å². The maximum atomic E-state index is 5.66. The number of rotatable bonds is 5. The highest BCUT2D eigenvalue weighted by Gasteiger charge is 2.18. The van der Waals surface area contributed by atoms with Gasteiger partial charge in [-0.05, 0) is 80.2 Å². The summed E-state index contributed by atoms with van der Waals surface area (Å²) in [5.41, 5.74) is 10.8. The number of piperidine rings is 1. The molecule has 2 aromatic rings. The van der Waals surface area contributed by atoms with Gasteiger partial charge in [0.25, 0.3) is 0 Å². The fraction of sp³-hybridized carbons (Fsp3) is 0.429. The topological polar surface area (TPSA) is 38.5 Å². The lowest BCUT2D eigenvalue weighted by atomic mass is 9.87. The van der Waals surface area contributed by atoms with Crippen LogP contribution in [0.1, 0.15) is 29.9 Å². The van der Waals surface area contributed by atoms with E-state index in [0.717, 1.165) is 5.75 Å². The van der Waals surface area contributed by atoms with Crippen LogP contribution in [0.3, 0.4) is 0 Å². The Morgan fingerprint density at radius 1 is 1.12 bits per heavy atom. The van der Waals surface area contributed by atoms with Crippen molar-refractivity contribution in [1.29, 1.82) is 0 Å². The molecule has 1 fully saturated rings. The van der Waals surface area contributed by atoms with E-state index in [1.165, 1.54) is 48.2 Å². The standard InChI is InChI=1S/C21H28N2O/c1-16-14-18(17-8-11-23(2)12-9-17)6-7-21(16)19-4-3-5-20(15-19)24-13-10-22/h3-7,14-15,17H,8-13,22H2,1-2H3. The third-order valence-electron chi connectivity index (χ3n) is 4.97. The fourth-order valence-corrected chi connectivity index (χ4v) is 3.54. The summed E-state index contributed by atoms with van der Waals surface area (Å²) in [6.45, 7) is 5.70. The summed E-state index contributed by atoms with van der Waals surface area (Å²) in [7, 11) is 2.21. The zero-order chi connectivity index (χ0) is 16.9. The van der Waals surface area contributed by atoms with E-state index in [1.807, 2.05) is 12.1 Å². The van der Waals surface area contributed by atoms with Gasteiger partial charge < -0.3 is 15.4 Å². The molecule has 128 valence electrons. The predicted octanol–water partition coefficient (Wildman–Crippen LogP) is 3.81. The van der Waals surface area contributed by atoms with Gasteiger partial charge in [-0.25, -0.2) is 0 Å². The van der Waals surface area contributed by atoms with Gasteiger partial charge in [-0.1, -0.05) is 30.3 Å². The summed E-state index contributed by atoms with van der Waals surface area (Å²) in [4.78, 5) is 2.42. The fourth-order valence-electron chi connectivity index (χ4n) is 3.54. The van der Waals surface area contributed by atoms with Crippen LogP contribution in [0.5, 0.6) is 5.75 Å². The lowest BCUT2D eigenvalue weighted by molar-refractivity contribution is 0.255. The maximum absolute atomic E-state index is 5.66. The van der Waals surface area contributed by atoms with Gasteiger partial charge in [-0.3, -0.25) is 0 Å². The van der Waals surface area contributed by atoms with E-state index in [4.69, 9.17) is 10.5 Å². The summed E-state index contributed by atoms with van der Waals surface area (Å²) >= 11 is 0. The molecule has 3 nitrogen and oxygen atoms in total. The van der Waals surface area contributed by atoms with Crippen molar-refractivity contribution in [2.45, 2.75) is 25.7 Å². The Kier molecular flexibility index (Phi) is 5.54. The molecule has 0 saturated carbocycles. The molecule has 0 aliphatic carbocycles. The van der Waals surface area contributed by atoms with Crippen LogP contribution in [-0.2, 0) is 0 Å². The van der Waals surface area contributed by atoms with Crippen LogP contribution in [0.15, 0.2) is 42.5 Å². The predicted molar refractivity (Wildman–Crippen MR) is 101 cm³/mol. The van der Waals surface area contributed by atoms with E-state index in [0.29, 0.717) is 19.1 Å². The smallest absolute Gasteiger partial charge is 0.119 e. The second kappa shape index (κ2) is 7.82. The van der Waals surface area contributed by atoms with Crippen LogP contribution >= 0.6 is 0 Å². The zero-order valence-corrected chi connectivity index (χ0v) is 14.8. The maximum Gasteiger partial charge on any atom is 0.119 e. The molecule has 0 spiro atoms. The third kappa shape index (κ3) is 3.97. The highest BCUT2D eigenvalue weighted by molar-refractivity contribution is 5.69. The Labute approximate surface area is 145 Å². The average Bonchev–Trinajstić information content (AvgIpc) is 2.61. The van der Waals surface area contributed by atoms with E-state index in [2.05, 4.69) is 49.2 Å². The lowest BCUT2D eigenvalue weighted by Gasteiger charge is -2.29. The molecule has 24 heavy (non-hydrogen) atoms. The first-order chi connectivity index (χ1) is 11.7. The summed E-state index contributed by atoms with van der Waals surface area (Å²) in [5, 5.41) is 0. The van der Waals surface area contributed by atoms with E-state index >= 15 is 0 Å². The number of nitrogens with two attached hydrogens (primary N) is 1. The SMILES string of the molecule is Cc1cc(C2CCN(C)CC2)ccc1-c1cccc(OCCN)c1. The molecular weight excluding hydrogens is 296 g/mol. The molecule has 0 amide bonds. The van der Waals surface area contributed by atoms with E-state index in [1.54, 1.807) is 0 Å². The molecule has 1 aliphatic heterocycles. The normalized spacial score (nSPS) is 16.3. The summed E-state index contributed by atoms with van der Waals surface area (Å²) in [6, 6.07) is 15.2. The van der Waals surface area contributed by atoms with Gasteiger partial charge in [0.1, 0.15) is 12.4 Å². The molecule has 0 aromatic heterocycles. The number of hydrogen-bond acceptors (Lipinski definition) is 3. The monoisotopic (exact) mass is 324 g/mol. The number of hydrogen-bond donors (Lipinski definition) is 1. The minimum atomic E-state index is 0.536. The number of benzene rings is 2. The molecular formula is C21H28N2O. The molecule has 2 N–H and O–H groups in total. The van der Waals surface area contributed by atoms with Crippen LogP contribution in [0.25, 0.3) is 11.1 Å². The minimum absolute atomic E-state index is 0.536. The van der Waals surface area contributed by atoms with Gasteiger partial charge in [-0.2, -0.15) is 0 Å². The molecule has 1 saturated heterocycles. The van der Waals surface area contributed by atoms with Gasteiger partial charge in [0.05, 0.1) is 0 Å². The van der Waals surface area contributed by atoms with Gasteiger partial charge in [-0.15, -0.1) is 0 Å². The number of likely N-dealkylation sites (tertiary alicyclic amines) is 1. The lowest BCUT2D eigenvalue weighted by Crippen LogP contribution is -2.29. The summed E-state index contributed by atoms with van der Waals surface area (Å²) in [6.07, 6.45) is 2.52. The molecule has 3 heteroatoms. The molecule has 0 bridgehead atoms. The van der Waals surface area contributed by atoms with E-state index in [9.17, 15) is 0 Å².